The summed E-state index contributed by atoms with van der Waals surface area (Å²) in [4.78, 5) is 27.9. The van der Waals surface area contributed by atoms with E-state index in [0.29, 0.717) is 40.9 Å². The van der Waals surface area contributed by atoms with Crippen LogP contribution in [-0.2, 0) is 22.6 Å². The Morgan fingerprint density at radius 2 is 1.90 bits per heavy atom. The fraction of sp³-hybridized carbons (Fsp3) is 0.417. The Balaban J connectivity index is 2.30. The summed E-state index contributed by atoms with van der Waals surface area (Å²) in [6.45, 7) is 4.86. The lowest BCUT2D eigenvalue weighted by Gasteiger charge is -2.31. The van der Waals surface area contributed by atoms with Gasteiger partial charge in [0.05, 0.1) is 13.5 Å². The van der Waals surface area contributed by atoms with Crippen molar-refractivity contribution in [2.24, 2.45) is 0 Å². The molecule has 7 heteroatoms. The van der Waals surface area contributed by atoms with E-state index in [4.69, 9.17) is 27.9 Å². The van der Waals surface area contributed by atoms with Gasteiger partial charge in [0.15, 0.2) is 0 Å². The molecular formula is C24H30Cl2N2O3. The second-order valence-corrected chi connectivity index (χ2v) is 8.20. The lowest BCUT2D eigenvalue weighted by atomic mass is 10.1. The molecule has 0 fully saturated rings. The first-order chi connectivity index (χ1) is 14.9. The number of unbranched alkanes of at least 4 members (excludes halogenated alkanes) is 1. The molecule has 0 aromatic heterocycles. The summed E-state index contributed by atoms with van der Waals surface area (Å²) in [7, 11) is 1.60. The number of nitrogens with zero attached hydrogens (tertiary/aromatic N) is 1. The van der Waals surface area contributed by atoms with Crippen molar-refractivity contribution in [3.8, 4) is 5.75 Å². The molecule has 31 heavy (non-hydrogen) atoms. The molecular weight excluding hydrogens is 435 g/mol. The van der Waals surface area contributed by atoms with Crippen molar-refractivity contribution >= 4 is 35.0 Å². The minimum absolute atomic E-state index is 0.0821. The van der Waals surface area contributed by atoms with Crippen LogP contribution in [0, 0.1) is 0 Å². The number of carbonyl (C=O) groups excluding carboxylic acids is 2. The Hall–Kier alpha value is -2.24. The molecule has 0 saturated carbocycles. The van der Waals surface area contributed by atoms with Gasteiger partial charge in [-0.3, -0.25) is 9.59 Å². The maximum Gasteiger partial charge on any atom is 0.242 e. The van der Waals surface area contributed by atoms with Crippen molar-refractivity contribution in [1.82, 2.24) is 10.2 Å². The van der Waals surface area contributed by atoms with Gasteiger partial charge in [0.2, 0.25) is 11.8 Å². The van der Waals surface area contributed by atoms with Gasteiger partial charge in [-0.25, -0.2) is 0 Å². The van der Waals surface area contributed by atoms with E-state index in [1.807, 2.05) is 31.2 Å². The number of amides is 2. The third kappa shape index (κ3) is 7.44. The van der Waals surface area contributed by atoms with E-state index in [1.165, 1.54) is 0 Å². The Kier molecular flexibility index (Phi) is 10.2. The number of rotatable bonds is 11. The molecule has 0 unspecified atom stereocenters. The Labute approximate surface area is 194 Å². The number of benzene rings is 2. The summed E-state index contributed by atoms with van der Waals surface area (Å²) in [6, 6.07) is 12.0. The number of hydrogen-bond acceptors (Lipinski definition) is 3. The molecule has 0 aliphatic heterocycles. The van der Waals surface area contributed by atoms with Gasteiger partial charge in [-0.1, -0.05) is 61.7 Å². The van der Waals surface area contributed by atoms with Gasteiger partial charge in [0.25, 0.3) is 0 Å². The molecule has 1 atom stereocenters. The molecule has 0 saturated heterocycles. The number of ether oxygens (including phenoxy) is 1. The van der Waals surface area contributed by atoms with Crippen LogP contribution in [0.1, 0.15) is 44.2 Å². The molecule has 5 nitrogen and oxygen atoms in total. The first-order valence-electron chi connectivity index (χ1n) is 10.5. The van der Waals surface area contributed by atoms with Crippen LogP contribution in [0.2, 0.25) is 10.0 Å². The third-order valence-electron chi connectivity index (χ3n) is 5.06. The SMILES string of the molecule is CCCCNC(=O)[C@@H](CC)N(Cc1cccc(OC)c1)C(=O)Cc1ccc(Cl)cc1Cl. The van der Waals surface area contributed by atoms with Crippen molar-refractivity contribution in [3.63, 3.8) is 0 Å². The van der Waals surface area contributed by atoms with Crippen molar-refractivity contribution in [1.29, 1.82) is 0 Å². The summed E-state index contributed by atoms with van der Waals surface area (Å²) in [5.41, 5.74) is 1.56. The van der Waals surface area contributed by atoms with Crippen LogP contribution >= 0.6 is 23.2 Å². The van der Waals surface area contributed by atoms with E-state index in [9.17, 15) is 9.59 Å². The molecule has 2 aromatic rings. The summed E-state index contributed by atoms with van der Waals surface area (Å²) in [5, 5.41) is 3.90. The third-order valence-corrected chi connectivity index (χ3v) is 5.65. The lowest BCUT2D eigenvalue weighted by Crippen LogP contribution is -2.49. The summed E-state index contributed by atoms with van der Waals surface area (Å²) < 4.78 is 5.31. The molecule has 0 aliphatic carbocycles. The number of nitrogens with one attached hydrogen (secondary N) is 1. The highest BCUT2D eigenvalue weighted by molar-refractivity contribution is 6.35. The topological polar surface area (TPSA) is 58.6 Å². The summed E-state index contributed by atoms with van der Waals surface area (Å²) >= 11 is 12.3. The largest absolute Gasteiger partial charge is 0.497 e. The van der Waals surface area contributed by atoms with Gasteiger partial charge >= 0.3 is 0 Å². The highest BCUT2D eigenvalue weighted by Gasteiger charge is 2.29. The molecule has 1 N–H and O–H groups in total. The van der Waals surface area contributed by atoms with E-state index in [-0.39, 0.29) is 18.2 Å². The Morgan fingerprint density at radius 1 is 1.13 bits per heavy atom. The Bertz CT molecular complexity index is 889. The standard InChI is InChI=1S/C24H30Cl2N2O3/c1-4-6-12-27-24(30)22(5-2)28(16-17-8-7-9-20(13-17)31-3)23(29)14-18-10-11-19(25)15-21(18)26/h7-11,13,15,22H,4-6,12,14,16H2,1-3H3,(H,27,30)/t22-/m1/s1. The van der Waals surface area contributed by atoms with Crippen LogP contribution in [0.15, 0.2) is 42.5 Å². The molecule has 0 spiro atoms. The molecule has 2 amide bonds. The van der Waals surface area contributed by atoms with E-state index in [1.54, 1.807) is 30.2 Å². The van der Waals surface area contributed by atoms with Crippen molar-refractivity contribution in [3.05, 3.63) is 63.6 Å². The predicted molar refractivity (Wildman–Crippen MR) is 126 cm³/mol. The zero-order valence-electron chi connectivity index (χ0n) is 18.3. The van der Waals surface area contributed by atoms with Crippen molar-refractivity contribution in [2.45, 2.75) is 52.1 Å². The number of hydrogen-bond donors (Lipinski definition) is 1. The quantitative estimate of drug-likeness (QED) is 0.460. The van der Waals surface area contributed by atoms with Crippen LogP contribution < -0.4 is 10.1 Å². The van der Waals surface area contributed by atoms with Crippen LogP contribution in [0.3, 0.4) is 0 Å². The van der Waals surface area contributed by atoms with Gasteiger partial charge in [-0.15, -0.1) is 0 Å². The second-order valence-electron chi connectivity index (χ2n) is 7.35. The first kappa shape index (κ1) is 25.0. The summed E-state index contributed by atoms with van der Waals surface area (Å²) in [6.07, 6.45) is 2.46. The second kappa shape index (κ2) is 12.6. The molecule has 168 valence electrons. The maximum atomic E-state index is 13.4. The fourth-order valence-corrected chi connectivity index (χ4v) is 3.80. The van der Waals surface area contributed by atoms with Crippen LogP contribution in [0.25, 0.3) is 0 Å². The van der Waals surface area contributed by atoms with Gasteiger partial charge in [-0.2, -0.15) is 0 Å². The van der Waals surface area contributed by atoms with E-state index in [2.05, 4.69) is 12.2 Å². The van der Waals surface area contributed by atoms with Gasteiger partial charge in [-0.05, 0) is 48.2 Å². The van der Waals surface area contributed by atoms with Crippen LogP contribution in [0.5, 0.6) is 5.75 Å². The zero-order chi connectivity index (χ0) is 22.8. The summed E-state index contributed by atoms with van der Waals surface area (Å²) in [5.74, 6) is 0.380. The van der Waals surface area contributed by atoms with E-state index >= 15 is 0 Å². The highest BCUT2D eigenvalue weighted by Crippen LogP contribution is 2.23. The average Bonchev–Trinajstić information content (AvgIpc) is 2.75. The smallest absolute Gasteiger partial charge is 0.242 e. The van der Waals surface area contributed by atoms with Gasteiger partial charge in [0, 0.05) is 23.1 Å². The predicted octanol–water partition coefficient (Wildman–Crippen LogP) is 5.27. The van der Waals surface area contributed by atoms with Crippen molar-refractivity contribution in [2.75, 3.05) is 13.7 Å². The van der Waals surface area contributed by atoms with Crippen LogP contribution in [0.4, 0.5) is 0 Å². The normalized spacial score (nSPS) is 11.6. The van der Waals surface area contributed by atoms with Crippen molar-refractivity contribution < 1.29 is 14.3 Å². The highest BCUT2D eigenvalue weighted by atomic mass is 35.5. The van der Waals surface area contributed by atoms with E-state index in [0.717, 1.165) is 18.4 Å². The number of carbonyl (C=O) groups is 2. The molecule has 0 heterocycles. The van der Waals surface area contributed by atoms with Crippen LogP contribution in [-0.4, -0.2) is 36.4 Å². The first-order valence-corrected chi connectivity index (χ1v) is 11.3. The minimum Gasteiger partial charge on any atom is -0.497 e. The molecule has 0 aliphatic rings. The molecule has 2 rings (SSSR count). The van der Waals surface area contributed by atoms with Gasteiger partial charge < -0.3 is 15.0 Å². The molecule has 0 radical (unpaired) electrons. The minimum atomic E-state index is -0.582. The molecule has 0 bridgehead atoms. The lowest BCUT2D eigenvalue weighted by molar-refractivity contribution is -0.140. The zero-order valence-corrected chi connectivity index (χ0v) is 19.8. The van der Waals surface area contributed by atoms with Gasteiger partial charge in [0.1, 0.15) is 11.8 Å². The number of halogens is 2. The number of methoxy groups -OCH3 is 1. The van der Waals surface area contributed by atoms with E-state index < -0.39 is 6.04 Å². The average molecular weight is 465 g/mol. The fourth-order valence-electron chi connectivity index (χ4n) is 3.32. The Morgan fingerprint density at radius 3 is 2.55 bits per heavy atom. The maximum absolute atomic E-state index is 13.4. The monoisotopic (exact) mass is 464 g/mol. The molecule has 2 aromatic carbocycles.